The Kier molecular flexibility index (Phi) is 6.62. The van der Waals surface area contributed by atoms with Crippen LogP contribution >= 0.6 is 0 Å². The molecule has 0 atom stereocenters. The van der Waals surface area contributed by atoms with E-state index < -0.39 is 33.9 Å². The van der Waals surface area contributed by atoms with E-state index in [9.17, 15) is 30.8 Å². The molecule has 0 bridgehead atoms. The van der Waals surface area contributed by atoms with Crippen LogP contribution in [0, 0.1) is 12.7 Å². The summed E-state index contributed by atoms with van der Waals surface area (Å²) in [5.41, 5.74) is 0.647. The van der Waals surface area contributed by atoms with Gasteiger partial charge in [-0.3, -0.25) is 4.79 Å². The molecule has 0 aliphatic carbocycles. The van der Waals surface area contributed by atoms with Crippen LogP contribution in [0.2, 0.25) is 0 Å². The number of nitrogens with one attached hydrogen (secondary N) is 2. The molecule has 0 spiro atoms. The van der Waals surface area contributed by atoms with Gasteiger partial charge in [0.1, 0.15) is 11.6 Å². The van der Waals surface area contributed by atoms with Gasteiger partial charge in [0.2, 0.25) is 15.9 Å². The van der Waals surface area contributed by atoms with Crippen molar-refractivity contribution in [3.05, 3.63) is 53.8 Å². The Morgan fingerprint density at radius 3 is 2.32 bits per heavy atom. The number of ether oxygens (including phenoxy) is 1. The predicted octanol–water partition coefficient (Wildman–Crippen LogP) is 3.34. The first-order valence-electron chi connectivity index (χ1n) is 7.88. The minimum Gasteiger partial charge on any atom is -0.406 e. The fourth-order valence-corrected chi connectivity index (χ4v) is 3.13. The smallest absolute Gasteiger partial charge is 0.406 e. The number of anilines is 1. The van der Waals surface area contributed by atoms with Crippen LogP contribution in [0.1, 0.15) is 12.0 Å². The largest absolute Gasteiger partial charge is 0.573 e. The molecule has 2 aromatic rings. The minimum absolute atomic E-state index is 0.232. The van der Waals surface area contributed by atoms with Gasteiger partial charge in [-0.1, -0.05) is 6.07 Å². The van der Waals surface area contributed by atoms with E-state index in [0.717, 1.165) is 30.3 Å². The summed E-state index contributed by atoms with van der Waals surface area (Å²) in [6.45, 7) is 1.31. The number of sulfonamides is 1. The molecule has 152 valence electrons. The summed E-state index contributed by atoms with van der Waals surface area (Å²) in [5, 5.41) is 2.43. The average Bonchev–Trinajstić information content (AvgIpc) is 2.57. The summed E-state index contributed by atoms with van der Waals surface area (Å²) in [4.78, 5) is 11.5. The van der Waals surface area contributed by atoms with E-state index in [1.54, 1.807) is 6.92 Å². The first kappa shape index (κ1) is 21.6. The molecule has 2 N–H and O–H groups in total. The van der Waals surface area contributed by atoms with Gasteiger partial charge in [0.15, 0.2) is 0 Å². The van der Waals surface area contributed by atoms with Gasteiger partial charge >= 0.3 is 6.36 Å². The van der Waals surface area contributed by atoms with Crippen LogP contribution in [0.15, 0.2) is 47.4 Å². The van der Waals surface area contributed by atoms with E-state index in [4.69, 9.17) is 0 Å². The monoisotopic (exact) mass is 420 g/mol. The van der Waals surface area contributed by atoms with E-state index in [1.807, 2.05) is 0 Å². The number of rotatable bonds is 7. The lowest BCUT2D eigenvalue weighted by molar-refractivity contribution is -0.274. The van der Waals surface area contributed by atoms with Gasteiger partial charge < -0.3 is 10.1 Å². The maximum Gasteiger partial charge on any atom is 0.573 e. The van der Waals surface area contributed by atoms with E-state index in [1.165, 1.54) is 12.1 Å². The molecule has 2 rings (SSSR count). The fraction of sp³-hybridized carbons (Fsp3) is 0.235. The summed E-state index contributed by atoms with van der Waals surface area (Å²) >= 11 is 0. The summed E-state index contributed by atoms with van der Waals surface area (Å²) in [6.07, 6.45) is -5.11. The number of carbonyl (C=O) groups is 1. The molecule has 0 heterocycles. The Hall–Kier alpha value is -2.66. The number of hydrogen-bond acceptors (Lipinski definition) is 4. The van der Waals surface area contributed by atoms with E-state index in [-0.39, 0.29) is 23.5 Å². The first-order valence-corrected chi connectivity index (χ1v) is 9.36. The molecule has 0 aromatic heterocycles. The second-order valence-corrected chi connectivity index (χ2v) is 7.45. The number of halogens is 4. The third-order valence-corrected chi connectivity index (χ3v) is 4.94. The van der Waals surface area contributed by atoms with Crippen molar-refractivity contribution in [2.24, 2.45) is 0 Å². The maximum absolute atomic E-state index is 13.4. The Balaban J connectivity index is 1.88. The lowest BCUT2D eigenvalue weighted by Gasteiger charge is -2.10. The number of alkyl halides is 3. The quantitative estimate of drug-likeness (QED) is 0.673. The molecule has 0 aliphatic heterocycles. The van der Waals surface area contributed by atoms with Crippen LogP contribution in [0.25, 0.3) is 0 Å². The predicted molar refractivity (Wildman–Crippen MR) is 92.7 cm³/mol. The zero-order chi connectivity index (χ0) is 20.9. The SMILES string of the molecule is Cc1ccc(NC(=O)CCNS(=O)(=O)c2ccc(OC(F)(F)F)cc2)cc1F. The highest BCUT2D eigenvalue weighted by Crippen LogP contribution is 2.23. The van der Waals surface area contributed by atoms with Crippen LogP contribution in [-0.4, -0.2) is 27.2 Å². The number of amides is 1. The second kappa shape index (κ2) is 8.57. The topological polar surface area (TPSA) is 84.5 Å². The van der Waals surface area contributed by atoms with Crippen molar-refractivity contribution in [2.75, 3.05) is 11.9 Å². The van der Waals surface area contributed by atoms with E-state index in [2.05, 4.69) is 14.8 Å². The van der Waals surface area contributed by atoms with Crippen LogP contribution in [0.5, 0.6) is 5.75 Å². The standard InChI is InChI=1S/C17H16F4N2O4S/c1-11-2-3-12(10-15(11)18)23-16(24)8-9-22-28(25,26)14-6-4-13(5-7-14)27-17(19,20)21/h2-7,10,22H,8-9H2,1H3,(H,23,24). The van der Waals surface area contributed by atoms with Crippen LogP contribution < -0.4 is 14.8 Å². The van der Waals surface area contributed by atoms with Gasteiger partial charge in [0, 0.05) is 18.7 Å². The van der Waals surface area contributed by atoms with Crippen molar-refractivity contribution in [3.8, 4) is 5.75 Å². The van der Waals surface area contributed by atoms with Gasteiger partial charge in [0.05, 0.1) is 4.90 Å². The minimum atomic E-state index is -4.88. The normalized spacial score (nSPS) is 11.9. The Morgan fingerprint density at radius 2 is 1.75 bits per heavy atom. The Morgan fingerprint density at radius 1 is 1.11 bits per heavy atom. The number of benzene rings is 2. The summed E-state index contributed by atoms with van der Waals surface area (Å²) in [6, 6.07) is 7.74. The third-order valence-electron chi connectivity index (χ3n) is 3.47. The lowest BCUT2D eigenvalue weighted by Crippen LogP contribution is -2.28. The summed E-state index contributed by atoms with van der Waals surface area (Å²) in [7, 11) is -4.03. The zero-order valence-electron chi connectivity index (χ0n) is 14.5. The zero-order valence-corrected chi connectivity index (χ0v) is 15.3. The number of carbonyl (C=O) groups excluding carboxylic acids is 1. The molecule has 0 aliphatic rings. The lowest BCUT2D eigenvalue weighted by atomic mass is 10.2. The number of hydrogen-bond donors (Lipinski definition) is 2. The molecule has 6 nitrogen and oxygen atoms in total. The highest BCUT2D eigenvalue weighted by Gasteiger charge is 2.31. The summed E-state index contributed by atoms with van der Waals surface area (Å²) < 4.78 is 79.7. The molecule has 11 heteroatoms. The highest BCUT2D eigenvalue weighted by atomic mass is 32.2. The molecule has 0 radical (unpaired) electrons. The van der Waals surface area contributed by atoms with Crippen molar-refractivity contribution in [3.63, 3.8) is 0 Å². The fourth-order valence-electron chi connectivity index (χ4n) is 2.10. The average molecular weight is 420 g/mol. The molecule has 0 fully saturated rings. The van der Waals surface area contributed by atoms with Gasteiger partial charge in [0.25, 0.3) is 0 Å². The van der Waals surface area contributed by atoms with Crippen molar-refractivity contribution < 1.29 is 35.5 Å². The Labute approximate surface area is 158 Å². The van der Waals surface area contributed by atoms with Crippen LogP contribution in [0.4, 0.5) is 23.2 Å². The van der Waals surface area contributed by atoms with Gasteiger partial charge in [-0.25, -0.2) is 17.5 Å². The van der Waals surface area contributed by atoms with Gasteiger partial charge in [-0.2, -0.15) is 0 Å². The van der Waals surface area contributed by atoms with Gasteiger partial charge in [-0.15, -0.1) is 13.2 Å². The molecule has 0 saturated heterocycles. The highest BCUT2D eigenvalue weighted by molar-refractivity contribution is 7.89. The van der Waals surface area contributed by atoms with Crippen molar-refractivity contribution in [1.82, 2.24) is 4.72 Å². The summed E-state index contributed by atoms with van der Waals surface area (Å²) in [5.74, 6) is -1.59. The molecule has 1 amide bonds. The van der Waals surface area contributed by atoms with Crippen molar-refractivity contribution >= 4 is 21.6 Å². The molecular weight excluding hydrogens is 404 g/mol. The van der Waals surface area contributed by atoms with E-state index >= 15 is 0 Å². The molecule has 28 heavy (non-hydrogen) atoms. The maximum atomic E-state index is 13.4. The molecule has 2 aromatic carbocycles. The van der Waals surface area contributed by atoms with Gasteiger partial charge in [-0.05, 0) is 48.9 Å². The van der Waals surface area contributed by atoms with Crippen LogP contribution in [-0.2, 0) is 14.8 Å². The molecule has 0 unspecified atom stereocenters. The molecular formula is C17H16F4N2O4S. The van der Waals surface area contributed by atoms with Crippen molar-refractivity contribution in [1.29, 1.82) is 0 Å². The van der Waals surface area contributed by atoms with Crippen LogP contribution in [0.3, 0.4) is 0 Å². The van der Waals surface area contributed by atoms with E-state index in [0.29, 0.717) is 5.56 Å². The Bertz CT molecular complexity index is 945. The second-order valence-electron chi connectivity index (χ2n) is 5.68. The van der Waals surface area contributed by atoms with Crippen molar-refractivity contribution in [2.45, 2.75) is 24.6 Å². The first-order chi connectivity index (χ1) is 13.0. The third kappa shape index (κ3) is 6.50. The molecule has 0 saturated carbocycles. The number of aryl methyl sites for hydroxylation is 1.